The molecule has 4 heteroatoms. The van der Waals surface area contributed by atoms with Gasteiger partial charge in [-0.15, -0.1) is 0 Å². The lowest BCUT2D eigenvalue weighted by Crippen LogP contribution is -2.17. The third-order valence-electron chi connectivity index (χ3n) is 2.49. The Hall–Kier alpha value is -1.55. The van der Waals surface area contributed by atoms with Crippen molar-refractivity contribution in [2.24, 2.45) is 5.92 Å². The minimum Gasteiger partial charge on any atom is -0.385 e. The molecule has 1 amide bonds. The summed E-state index contributed by atoms with van der Waals surface area (Å²) in [7, 11) is 1.50. The van der Waals surface area contributed by atoms with Crippen molar-refractivity contribution in [1.82, 2.24) is 0 Å². The van der Waals surface area contributed by atoms with Gasteiger partial charge in [0.15, 0.2) is 0 Å². The van der Waals surface area contributed by atoms with E-state index in [4.69, 9.17) is 4.74 Å². The summed E-state index contributed by atoms with van der Waals surface area (Å²) in [6.45, 7) is 5.45. The highest BCUT2D eigenvalue weighted by atomic mass is 16.5. The van der Waals surface area contributed by atoms with Crippen LogP contribution in [0, 0.1) is 5.92 Å². The van der Waals surface area contributed by atoms with Gasteiger partial charge in [-0.3, -0.25) is 4.79 Å². The van der Waals surface area contributed by atoms with Crippen LogP contribution in [0.2, 0.25) is 0 Å². The van der Waals surface area contributed by atoms with Crippen molar-refractivity contribution < 1.29 is 9.53 Å². The molecule has 1 aromatic carbocycles. The van der Waals surface area contributed by atoms with Crippen LogP contribution < -0.4 is 10.6 Å². The molecule has 18 heavy (non-hydrogen) atoms. The van der Waals surface area contributed by atoms with Crippen molar-refractivity contribution in [2.75, 3.05) is 30.9 Å². The Labute approximate surface area is 109 Å². The first-order valence-electron chi connectivity index (χ1n) is 6.24. The van der Waals surface area contributed by atoms with Crippen LogP contribution in [0.1, 0.15) is 20.3 Å². The summed E-state index contributed by atoms with van der Waals surface area (Å²) in [6.07, 6.45) is 1.15. The maximum atomic E-state index is 11.3. The summed E-state index contributed by atoms with van der Waals surface area (Å²) >= 11 is 0. The van der Waals surface area contributed by atoms with Crippen LogP contribution in [0.15, 0.2) is 24.3 Å². The number of anilines is 2. The molecule has 1 aromatic rings. The number of rotatable bonds is 7. The second-order valence-corrected chi connectivity index (χ2v) is 4.67. The van der Waals surface area contributed by atoms with Gasteiger partial charge >= 0.3 is 0 Å². The van der Waals surface area contributed by atoms with E-state index in [0.717, 1.165) is 24.3 Å². The molecule has 0 saturated heterocycles. The minimum absolute atomic E-state index is 0.0778. The average molecular weight is 250 g/mol. The Morgan fingerprint density at radius 1 is 1.22 bits per heavy atom. The molecule has 100 valence electrons. The number of carbonyl (C=O) groups excluding carboxylic acids is 1. The molecule has 0 radical (unpaired) electrons. The quantitative estimate of drug-likeness (QED) is 0.782. The smallest absolute Gasteiger partial charge is 0.250 e. The molecular formula is C14H22N2O2. The maximum Gasteiger partial charge on any atom is 0.250 e. The molecule has 0 spiro atoms. The number of carbonyl (C=O) groups is 1. The monoisotopic (exact) mass is 250 g/mol. The first kappa shape index (κ1) is 14.5. The number of hydrogen-bond donors (Lipinski definition) is 2. The summed E-state index contributed by atoms with van der Waals surface area (Å²) in [4.78, 5) is 11.3. The number of hydrogen-bond acceptors (Lipinski definition) is 3. The molecule has 0 aromatic heterocycles. The molecular weight excluding hydrogens is 228 g/mol. The van der Waals surface area contributed by atoms with E-state index in [1.54, 1.807) is 0 Å². The topological polar surface area (TPSA) is 50.4 Å². The van der Waals surface area contributed by atoms with Crippen molar-refractivity contribution in [3.8, 4) is 0 Å². The Morgan fingerprint density at radius 3 is 2.39 bits per heavy atom. The SMILES string of the molecule is COCC(=O)Nc1ccc(NCCC(C)C)cc1. The standard InChI is InChI=1S/C14H22N2O2/c1-11(2)8-9-15-12-4-6-13(7-5-12)16-14(17)10-18-3/h4-7,11,15H,8-10H2,1-3H3,(H,16,17). The van der Waals surface area contributed by atoms with E-state index >= 15 is 0 Å². The molecule has 0 aliphatic carbocycles. The Bertz CT molecular complexity index is 361. The van der Waals surface area contributed by atoms with Crippen LogP contribution in [0.3, 0.4) is 0 Å². The fourth-order valence-electron chi connectivity index (χ4n) is 1.50. The number of ether oxygens (including phenoxy) is 1. The zero-order chi connectivity index (χ0) is 13.4. The number of amides is 1. The molecule has 1 rings (SSSR count). The van der Waals surface area contributed by atoms with Crippen LogP contribution in [0.25, 0.3) is 0 Å². The molecule has 0 fully saturated rings. The van der Waals surface area contributed by atoms with Gasteiger partial charge < -0.3 is 15.4 Å². The summed E-state index contributed by atoms with van der Waals surface area (Å²) in [5.41, 5.74) is 1.85. The van der Waals surface area contributed by atoms with Gasteiger partial charge in [0.05, 0.1) is 0 Å². The predicted molar refractivity (Wildman–Crippen MR) is 74.9 cm³/mol. The Balaban J connectivity index is 2.40. The van der Waals surface area contributed by atoms with Gasteiger partial charge in [-0.25, -0.2) is 0 Å². The van der Waals surface area contributed by atoms with E-state index in [0.29, 0.717) is 5.92 Å². The van der Waals surface area contributed by atoms with E-state index in [-0.39, 0.29) is 12.5 Å². The first-order valence-corrected chi connectivity index (χ1v) is 6.24. The lowest BCUT2D eigenvalue weighted by molar-refractivity contribution is -0.119. The molecule has 4 nitrogen and oxygen atoms in total. The fraction of sp³-hybridized carbons (Fsp3) is 0.500. The normalized spacial score (nSPS) is 10.4. The Morgan fingerprint density at radius 2 is 1.83 bits per heavy atom. The van der Waals surface area contributed by atoms with Gasteiger partial charge in [-0.05, 0) is 36.6 Å². The first-order chi connectivity index (χ1) is 8.61. The number of methoxy groups -OCH3 is 1. The maximum absolute atomic E-state index is 11.3. The molecule has 0 unspecified atom stereocenters. The minimum atomic E-state index is -0.141. The lowest BCUT2D eigenvalue weighted by atomic mass is 10.1. The highest BCUT2D eigenvalue weighted by Crippen LogP contribution is 2.13. The summed E-state index contributed by atoms with van der Waals surface area (Å²) in [5, 5.41) is 6.10. The average Bonchev–Trinajstić information content (AvgIpc) is 2.31. The second kappa shape index (κ2) is 7.71. The van der Waals surface area contributed by atoms with E-state index < -0.39 is 0 Å². The van der Waals surface area contributed by atoms with Crippen molar-refractivity contribution in [3.05, 3.63) is 24.3 Å². The second-order valence-electron chi connectivity index (χ2n) is 4.67. The van der Waals surface area contributed by atoms with Crippen LogP contribution in [-0.4, -0.2) is 26.2 Å². The molecule has 0 saturated carbocycles. The molecule has 0 atom stereocenters. The predicted octanol–water partition coefficient (Wildman–Crippen LogP) is 2.73. The Kier molecular flexibility index (Phi) is 6.22. The molecule has 0 bridgehead atoms. The van der Waals surface area contributed by atoms with E-state index in [9.17, 15) is 4.79 Å². The summed E-state index contributed by atoms with van der Waals surface area (Å²) < 4.78 is 4.75. The van der Waals surface area contributed by atoms with Crippen molar-refractivity contribution in [2.45, 2.75) is 20.3 Å². The van der Waals surface area contributed by atoms with E-state index in [1.165, 1.54) is 7.11 Å². The van der Waals surface area contributed by atoms with Gasteiger partial charge in [-0.2, -0.15) is 0 Å². The van der Waals surface area contributed by atoms with Crippen molar-refractivity contribution >= 4 is 17.3 Å². The molecule has 0 heterocycles. The van der Waals surface area contributed by atoms with E-state index in [2.05, 4.69) is 24.5 Å². The summed E-state index contributed by atoms with van der Waals surface area (Å²) in [6, 6.07) is 7.68. The van der Waals surface area contributed by atoms with Crippen LogP contribution in [0.5, 0.6) is 0 Å². The van der Waals surface area contributed by atoms with Gasteiger partial charge in [-0.1, -0.05) is 13.8 Å². The third kappa shape index (κ3) is 5.68. The zero-order valence-electron chi connectivity index (χ0n) is 11.3. The molecule has 2 N–H and O–H groups in total. The van der Waals surface area contributed by atoms with Crippen molar-refractivity contribution in [3.63, 3.8) is 0 Å². The zero-order valence-corrected chi connectivity index (χ0v) is 11.3. The highest BCUT2D eigenvalue weighted by molar-refractivity contribution is 5.91. The van der Waals surface area contributed by atoms with Crippen LogP contribution in [-0.2, 0) is 9.53 Å². The van der Waals surface area contributed by atoms with Crippen LogP contribution in [0.4, 0.5) is 11.4 Å². The van der Waals surface area contributed by atoms with Crippen molar-refractivity contribution in [1.29, 1.82) is 0 Å². The summed E-state index contributed by atoms with van der Waals surface area (Å²) in [5.74, 6) is 0.558. The number of benzene rings is 1. The van der Waals surface area contributed by atoms with Gasteiger partial charge in [0.1, 0.15) is 6.61 Å². The fourth-order valence-corrected chi connectivity index (χ4v) is 1.50. The van der Waals surface area contributed by atoms with Gasteiger partial charge in [0.25, 0.3) is 0 Å². The van der Waals surface area contributed by atoms with E-state index in [1.807, 2.05) is 24.3 Å². The number of nitrogens with one attached hydrogen (secondary N) is 2. The molecule has 0 aliphatic rings. The lowest BCUT2D eigenvalue weighted by Gasteiger charge is -2.09. The largest absolute Gasteiger partial charge is 0.385 e. The van der Waals surface area contributed by atoms with Gasteiger partial charge in [0, 0.05) is 25.0 Å². The van der Waals surface area contributed by atoms with Crippen LogP contribution >= 0.6 is 0 Å². The molecule has 0 aliphatic heterocycles. The van der Waals surface area contributed by atoms with Gasteiger partial charge in [0.2, 0.25) is 5.91 Å². The highest BCUT2D eigenvalue weighted by Gasteiger charge is 2.01. The third-order valence-corrected chi connectivity index (χ3v) is 2.49.